The molecule has 2 saturated heterocycles. The average Bonchev–Trinajstić information content (AvgIpc) is 3.41. The monoisotopic (exact) mass is 457 g/mol. The fourth-order valence-electron chi connectivity index (χ4n) is 4.02. The Morgan fingerprint density at radius 3 is 2.86 bits per heavy atom. The molecule has 7 nitrogen and oxygen atoms in total. The van der Waals surface area contributed by atoms with E-state index in [1.165, 1.54) is 15.6 Å². The molecule has 3 heterocycles. The second-order valence-corrected chi connectivity index (χ2v) is 11.0. The minimum atomic E-state index is -3.46. The van der Waals surface area contributed by atoms with Gasteiger partial charge >= 0.3 is 0 Å². The van der Waals surface area contributed by atoms with E-state index in [-0.39, 0.29) is 12.0 Å². The number of hydrogen-bond acceptors (Lipinski definition) is 6. The van der Waals surface area contributed by atoms with Crippen LogP contribution in [0.25, 0.3) is 10.2 Å². The predicted octanol–water partition coefficient (Wildman–Crippen LogP) is 3.19. The quantitative estimate of drug-likeness (QED) is 0.688. The Balaban J connectivity index is 1.71. The second kappa shape index (κ2) is 8.11. The molecule has 1 aromatic heterocycles. The van der Waals surface area contributed by atoms with Crippen molar-refractivity contribution in [3.63, 3.8) is 0 Å². The van der Waals surface area contributed by atoms with Gasteiger partial charge in [-0.1, -0.05) is 22.9 Å². The number of carbonyl (C=O) groups excluding carboxylic acids is 1. The summed E-state index contributed by atoms with van der Waals surface area (Å²) in [4.78, 5) is 19.9. The molecule has 2 aromatic rings. The van der Waals surface area contributed by atoms with E-state index >= 15 is 0 Å². The largest absolute Gasteiger partial charge is 0.376 e. The summed E-state index contributed by atoms with van der Waals surface area (Å²) in [5, 5.41) is 1.19. The van der Waals surface area contributed by atoms with Crippen molar-refractivity contribution in [2.45, 2.75) is 44.8 Å². The first-order valence-corrected chi connectivity index (χ1v) is 12.8. The van der Waals surface area contributed by atoms with Crippen LogP contribution in [-0.2, 0) is 19.6 Å². The molecule has 0 saturated carbocycles. The number of thiazole rings is 1. The Morgan fingerprint density at radius 2 is 2.17 bits per heavy atom. The van der Waals surface area contributed by atoms with E-state index in [1.807, 2.05) is 19.1 Å². The summed E-state index contributed by atoms with van der Waals surface area (Å²) in [5.74, 6) is -0.230. The number of ether oxygens (including phenoxy) is 1. The van der Waals surface area contributed by atoms with E-state index in [0.29, 0.717) is 42.7 Å². The fourth-order valence-corrected chi connectivity index (χ4v) is 6.33. The van der Waals surface area contributed by atoms with Gasteiger partial charge in [0.15, 0.2) is 5.13 Å². The van der Waals surface area contributed by atoms with Gasteiger partial charge in [0.05, 0.1) is 29.1 Å². The zero-order valence-electron chi connectivity index (χ0n) is 16.4. The van der Waals surface area contributed by atoms with Crippen molar-refractivity contribution in [2.24, 2.45) is 0 Å². The summed E-state index contributed by atoms with van der Waals surface area (Å²) in [6.45, 7) is 3.33. The van der Waals surface area contributed by atoms with Gasteiger partial charge in [-0.15, -0.1) is 0 Å². The molecule has 2 fully saturated rings. The highest BCUT2D eigenvalue weighted by Crippen LogP contribution is 2.35. The minimum Gasteiger partial charge on any atom is -0.376 e. The maximum atomic E-state index is 13.5. The van der Waals surface area contributed by atoms with Crippen LogP contribution in [0.3, 0.4) is 0 Å². The molecule has 0 aliphatic carbocycles. The van der Waals surface area contributed by atoms with E-state index < -0.39 is 16.1 Å². The van der Waals surface area contributed by atoms with Crippen LogP contribution in [0.15, 0.2) is 12.1 Å². The number of aryl methyl sites for hydroxylation is 1. The molecule has 0 spiro atoms. The van der Waals surface area contributed by atoms with Crippen LogP contribution < -0.4 is 4.90 Å². The number of rotatable bonds is 5. The van der Waals surface area contributed by atoms with Gasteiger partial charge in [-0.3, -0.25) is 9.69 Å². The van der Waals surface area contributed by atoms with Gasteiger partial charge in [-0.2, -0.15) is 4.31 Å². The lowest BCUT2D eigenvalue weighted by atomic mass is 10.2. The van der Waals surface area contributed by atoms with Crippen molar-refractivity contribution >= 4 is 54.2 Å². The van der Waals surface area contributed by atoms with Crippen molar-refractivity contribution < 1.29 is 17.9 Å². The topological polar surface area (TPSA) is 79.8 Å². The number of aromatic nitrogens is 1. The van der Waals surface area contributed by atoms with Gasteiger partial charge in [0.25, 0.3) is 0 Å². The summed E-state index contributed by atoms with van der Waals surface area (Å²) >= 11 is 7.66. The summed E-state index contributed by atoms with van der Waals surface area (Å²) in [6.07, 6.45) is 4.12. The molecule has 29 heavy (non-hydrogen) atoms. The maximum absolute atomic E-state index is 13.5. The summed E-state index contributed by atoms with van der Waals surface area (Å²) < 4.78 is 32.4. The lowest BCUT2D eigenvalue weighted by Gasteiger charge is -2.29. The van der Waals surface area contributed by atoms with Crippen LogP contribution in [0.2, 0.25) is 5.02 Å². The molecular formula is C19H24ClN3O4S2. The van der Waals surface area contributed by atoms with Crippen LogP contribution in [0.5, 0.6) is 0 Å². The van der Waals surface area contributed by atoms with Crippen LogP contribution in [0, 0.1) is 6.92 Å². The second-order valence-electron chi connectivity index (χ2n) is 7.63. The predicted molar refractivity (Wildman–Crippen MR) is 115 cm³/mol. The fraction of sp³-hybridized carbons (Fsp3) is 0.579. The summed E-state index contributed by atoms with van der Waals surface area (Å²) in [5.41, 5.74) is 1.64. The molecule has 1 amide bonds. The number of nitrogens with zero attached hydrogens (tertiary/aromatic N) is 3. The number of halogens is 1. The first-order valence-electron chi connectivity index (χ1n) is 9.71. The van der Waals surface area contributed by atoms with Gasteiger partial charge in [0.2, 0.25) is 15.9 Å². The molecule has 2 unspecified atom stereocenters. The minimum absolute atomic E-state index is 0.0660. The molecule has 2 atom stereocenters. The number of anilines is 1. The van der Waals surface area contributed by atoms with Gasteiger partial charge in [0.1, 0.15) is 6.04 Å². The molecule has 0 radical (unpaired) electrons. The van der Waals surface area contributed by atoms with Gasteiger partial charge < -0.3 is 4.74 Å². The van der Waals surface area contributed by atoms with Crippen LogP contribution in [0.4, 0.5) is 5.13 Å². The molecule has 0 N–H and O–H groups in total. The zero-order valence-corrected chi connectivity index (χ0v) is 18.8. The van der Waals surface area contributed by atoms with E-state index in [0.717, 1.165) is 34.9 Å². The van der Waals surface area contributed by atoms with E-state index in [2.05, 4.69) is 0 Å². The van der Waals surface area contributed by atoms with Crippen molar-refractivity contribution in [3.05, 3.63) is 22.7 Å². The molecule has 2 aliphatic heterocycles. The number of fused-ring (bicyclic) bond motifs is 1. The molecule has 158 valence electrons. The Kier molecular flexibility index (Phi) is 5.87. The van der Waals surface area contributed by atoms with Gasteiger partial charge in [-0.25, -0.2) is 13.4 Å². The van der Waals surface area contributed by atoms with Crippen molar-refractivity contribution in [2.75, 3.05) is 30.9 Å². The molecule has 0 bridgehead atoms. The molecule has 10 heteroatoms. The van der Waals surface area contributed by atoms with Gasteiger partial charge in [-0.05, 0) is 50.3 Å². The van der Waals surface area contributed by atoms with E-state index in [1.54, 1.807) is 4.90 Å². The third-order valence-electron chi connectivity index (χ3n) is 5.56. The Bertz CT molecular complexity index is 1030. The van der Waals surface area contributed by atoms with Crippen LogP contribution >= 0.6 is 22.9 Å². The van der Waals surface area contributed by atoms with Crippen LogP contribution in [-0.4, -0.2) is 61.7 Å². The van der Waals surface area contributed by atoms with Crippen molar-refractivity contribution in [3.8, 4) is 0 Å². The number of amides is 1. The SMILES string of the molecule is Cc1c(Cl)ccc2sc(N(CC3CCCO3)C(=O)C3CCCN3S(C)(=O)=O)nc12. The van der Waals surface area contributed by atoms with E-state index in [9.17, 15) is 13.2 Å². The van der Waals surface area contributed by atoms with Crippen LogP contribution in [0.1, 0.15) is 31.2 Å². The Labute approximate surface area is 179 Å². The first kappa shape index (κ1) is 21.0. The smallest absolute Gasteiger partial charge is 0.247 e. The van der Waals surface area contributed by atoms with Crippen molar-refractivity contribution in [1.82, 2.24) is 9.29 Å². The normalized spacial score (nSPS) is 23.1. The first-order chi connectivity index (χ1) is 13.8. The third kappa shape index (κ3) is 4.16. The van der Waals surface area contributed by atoms with Crippen molar-refractivity contribution in [1.29, 1.82) is 0 Å². The summed E-state index contributed by atoms with van der Waals surface area (Å²) in [6, 6.07) is 3.04. The Hall–Kier alpha value is -1.26. The molecule has 2 aliphatic rings. The number of hydrogen-bond donors (Lipinski definition) is 0. The summed E-state index contributed by atoms with van der Waals surface area (Å²) in [7, 11) is -3.46. The highest BCUT2D eigenvalue weighted by atomic mass is 35.5. The number of sulfonamides is 1. The third-order valence-corrected chi connectivity index (χ3v) is 8.30. The highest BCUT2D eigenvalue weighted by molar-refractivity contribution is 7.88. The van der Waals surface area contributed by atoms with Gasteiger partial charge in [0, 0.05) is 18.2 Å². The lowest BCUT2D eigenvalue weighted by Crippen LogP contribution is -2.49. The maximum Gasteiger partial charge on any atom is 0.247 e. The Morgan fingerprint density at radius 1 is 1.38 bits per heavy atom. The molecule has 4 rings (SSSR count). The molecule has 1 aromatic carbocycles. The molecular weight excluding hydrogens is 434 g/mol. The number of carbonyl (C=O) groups is 1. The highest BCUT2D eigenvalue weighted by Gasteiger charge is 2.40. The lowest BCUT2D eigenvalue weighted by molar-refractivity contribution is -0.122. The average molecular weight is 458 g/mol. The van der Waals surface area contributed by atoms with E-state index in [4.69, 9.17) is 21.3 Å². The zero-order chi connectivity index (χ0) is 20.8. The standard InChI is InChI=1S/C19H24ClN3O4S2/c1-12-14(20)7-8-16-17(12)21-19(28-16)22(11-13-5-4-10-27-13)18(24)15-6-3-9-23(15)29(2,25)26/h7-8,13,15H,3-6,9-11H2,1-2H3. The number of benzene rings is 1.